The maximum absolute atomic E-state index is 12.9. The fraction of sp³-hybridized carbons (Fsp3) is 0.261. The molecule has 0 aliphatic carbocycles. The van der Waals surface area contributed by atoms with Crippen LogP contribution in [0.4, 0.5) is 0 Å². The molecule has 2 heterocycles. The summed E-state index contributed by atoms with van der Waals surface area (Å²) in [5, 5.41) is 5.27. The molecule has 7 heteroatoms. The number of hydrogen-bond donors (Lipinski definition) is 0. The summed E-state index contributed by atoms with van der Waals surface area (Å²) in [5.74, 6) is 0.936. The number of piperidine rings is 1. The third kappa shape index (κ3) is 4.42. The Labute approximate surface area is 185 Å². The number of nitrogens with zero attached hydrogens (tertiary/aromatic N) is 3. The minimum atomic E-state index is -0.219. The molecule has 0 bridgehead atoms. The Morgan fingerprint density at radius 1 is 1.13 bits per heavy atom. The maximum atomic E-state index is 12.9. The van der Waals surface area contributed by atoms with Gasteiger partial charge in [-0.1, -0.05) is 59.9 Å². The number of aromatic nitrogens is 2. The van der Waals surface area contributed by atoms with Gasteiger partial charge in [0.2, 0.25) is 0 Å². The van der Waals surface area contributed by atoms with Crippen molar-refractivity contribution < 1.29 is 9.32 Å². The quantitative estimate of drug-likeness (QED) is 0.499. The van der Waals surface area contributed by atoms with Gasteiger partial charge in [0.1, 0.15) is 0 Å². The van der Waals surface area contributed by atoms with E-state index < -0.39 is 0 Å². The Hall–Kier alpha value is -2.63. The van der Waals surface area contributed by atoms with Crippen molar-refractivity contribution in [3.63, 3.8) is 0 Å². The summed E-state index contributed by atoms with van der Waals surface area (Å²) in [6.07, 6.45) is 2.69. The Morgan fingerprint density at radius 2 is 1.87 bits per heavy atom. The number of halogens is 2. The zero-order chi connectivity index (χ0) is 21.3. The van der Waals surface area contributed by atoms with Gasteiger partial charge in [-0.15, -0.1) is 0 Å². The minimum absolute atomic E-state index is 0.00701. The van der Waals surface area contributed by atoms with E-state index in [2.05, 4.69) is 24.0 Å². The van der Waals surface area contributed by atoms with Crippen molar-refractivity contribution >= 4 is 35.2 Å². The van der Waals surface area contributed by atoms with E-state index in [0.717, 1.165) is 12.0 Å². The minimum Gasteiger partial charge on any atom is -0.337 e. The van der Waals surface area contributed by atoms with Crippen molar-refractivity contribution in [1.29, 1.82) is 0 Å². The van der Waals surface area contributed by atoms with Crippen LogP contribution in [0.1, 0.15) is 36.5 Å². The lowest BCUT2D eigenvalue weighted by molar-refractivity contribution is 0.0664. The lowest BCUT2D eigenvalue weighted by Gasteiger charge is -2.40. The Morgan fingerprint density at radius 3 is 2.57 bits per heavy atom. The molecule has 0 atom stereocenters. The summed E-state index contributed by atoms with van der Waals surface area (Å²) >= 11 is 12.1. The number of carbonyl (C=O) groups excluding carboxylic acids is 1. The van der Waals surface area contributed by atoms with Gasteiger partial charge in [-0.3, -0.25) is 4.79 Å². The van der Waals surface area contributed by atoms with Gasteiger partial charge >= 0.3 is 0 Å². The molecule has 0 spiro atoms. The van der Waals surface area contributed by atoms with E-state index in [1.165, 1.54) is 5.57 Å². The van der Waals surface area contributed by atoms with Crippen LogP contribution in [0.3, 0.4) is 0 Å². The molecule has 30 heavy (non-hydrogen) atoms. The topological polar surface area (TPSA) is 59.2 Å². The average molecular weight is 442 g/mol. The molecule has 0 unspecified atom stereocenters. The molecule has 2 aromatic carbocycles. The van der Waals surface area contributed by atoms with Crippen molar-refractivity contribution in [3.05, 3.63) is 75.5 Å². The third-order valence-corrected chi connectivity index (χ3v) is 5.75. The van der Waals surface area contributed by atoms with Crippen LogP contribution in [-0.4, -0.2) is 34.0 Å². The summed E-state index contributed by atoms with van der Waals surface area (Å²) in [5.41, 5.74) is 2.34. The molecule has 0 radical (unpaired) electrons. The molecule has 1 aliphatic rings. The number of hydrogen-bond acceptors (Lipinski definition) is 4. The van der Waals surface area contributed by atoms with Gasteiger partial charge in [0.05, 0.1) is 0 Å². The largest absolute Gasteiger partial charge is 0.337 e. The monoisotopic (exact) mass is 441 g/mol. The van der Waals surface area contributed by atoms with Crippen LogP contribution in [0.2, 0.25) is 10.0 Å². The van der Waals surface area contributed by atoms with Crippen molar-refractivity contribution in [2.45, 2.75) is 20.3 Å². The second kappa shape index (κ2) is 8.25. The summed E-state index contributed by atoms with van der Waals surface area (Å²) in [6.45, 7) is 5.46. The van der Waals surface area contributed by atoms with E-state index in [4.69, 9.17) is 27.7 Å². The standard InChI is InChI=1S/C23H21Cl2N3O2/c1-23(2)14-28(22(29)16-6-4-8-19(25)12-16)10-9-17(23)13-20-26-21(30-27-20)15-5-3-7-18(24)11-15/h3-8,11-13H,9-10,14H2,1-2H3/b17-13+. The van der Waals surface area contributed by atoms with Gasteiger partial charge in [-0.05, 0) is 48.9 Å². The highest BCUT2D eigenvalue weighted by Gasteiger charge is 2.34. The van der Waals surface area contributed by atoms with Gasteiger partial charge in [0.25, 0.3) is 11.8 Å². The van der Waals surface area contributed by atoms with Crippen LogP contribution in [0.25, 0.3) is 17.5 Å². The van der Waals surface area contributed by atoms with Gasteiger partial charge in [-0.25, -0.2) is 0 Å². The lowest BCUT2D eigenvalue weighted by atomic mass is 9.78. The molecule has 1 aromatic heterocycles. The predicted molar refractivity (Wildman–Crippen MR) is 118 cm³/mol. The SMILES string of the molecule is CC1(C)CN(C(=O)c2cccc(Cl)c2)CC/C1=C\c1noc(-c2cccc(Cl)c2)n1. The van der Waals surface area contributed by atoms with Crippen molar-refractivity contribution in [1.82, 2.24) is 15.0 Å². The van der Waals surface area contributed by atoms with E-state index in [1.807, 2.05) is 23.1 Å². The van der Waals surface area contributed by atoms with Gasteiger partial charge in [0, 0.05) is 39.7 Å². The first-order valence-electron chi connectivity index (χ1n) is 9.67. The van der Waals surface area contributed by atoms with Crippen molar-refractivity contribution in [2.24, 2.45) is 5.41 Å². The summed E-state index contributed by atoms with van der Waals surface area (Å²) in [7, 11) is 0. The van der Waals surface area contributed by atoms with Gasteiger partial charge in [-0.2, -0.15) is 4.98 Å². The van der Waals surface area contributed by atoms with E-state index >= 15 is 0 Å². The molecule has 1 aliphatic heterocycles. The molecule has 3 aromatic rings. The number of likely N-dealkylation sites (tertiary alicyclic amines) is 1. The normalized spacial score (nSPS) is 17.3. The molecule has 1 amide bonds. The number of carbonyl (C=O) groups is 1. The Kier molecular flexibility index (Phi) is 5.67. The molecule has 4 rings (SSSR count). The van der Waals surface area contributed by atoms with Crippen molar-refractivity contribution in [2.75, 3.05) is 13.1 Å². The van der Waals surface area contributed by atoms with E-state index in [9.17, 15) is 4.79 Å². The fourth-order valence-electron chi connectivity index (χ4n) is 3.68. The summed E-state index contributed by atoms with van der Waals surface area (Å²) < 4.78 is 5.40. The molecule has 0 saturated carbocycles. The van der Waals surface area contributed by atoms with E-state index in [0.29, 0.717) is 40.4 Å². The number of amides is 1. The average Bonchev–Trinajstić information content (AvgIpc) is 3.17. The second-order valence-corrected chi connectivity index (χ2v) is 8.88. The van der Waals surface area contributed by atoms with Crippen LogP contribution < -0.4 is 0 Å². The van der Waals surface area contributed by atoms with Crippen LogP contribution in [0.5, 0.6) is 0 Å². The Bertz CT molecular complexity index is 1120. The first kappa shape index (κ1) is 20.6. The van der Waals surface area contributed by atoms with Gasteiger partial charge < -0.3 is 9.42 Å². The lowest BCUT2D eigenvalue weighted by Crippen LogP contribution is -2.44. The molecule has 5 nitrogen and oxygen atoms in total. The molecule has 154 valence electrons. The fourth-order valence-corrected chi connectivity index (χ4v) is 4.07. The van der Waals surface area contributed by atoms with Crippen LogP contribution in [0.15, 0.2) is 58.6 Å². The highest BCUT2D eigenvalue weighted by Crippen LogP contribution is 2.36. The maximum Gasteiger partial charge on any atom is 0.258 e. The summed E-state index contributed by atoms with van der Waals surface area (Å²) in [6, 6.07) is 14.4. The first-order chi connectivity index (χ1) is 14.3. The van der Waals surface area contributed by atoms with Crippen LogP contribution in [-0.2, 0) is 0 Å². The second-order valence-electron chi connectivity index (χ2n) is 8.01. The highest BCUT2D eigenvalue weighted by atomic mass is 35.5. The van der Waals surface area contributed by atoms with Gasteiger partial charge in [0.15, 0.2) is 5.82 Å². The zero-order valence-electron chi connectivity index (χ0n) is 16.7. The zero-order valence-corrected chi connectivity index (χ0v) is 18.2. The molecule has 1 saturated heterocycles. The first-order valence-corrected chi connectivity index (χ1v) is 10.4. The molecular formula is C23H21Cl2N3O2. The van der Waals surface area contributed by atoms with Crippen LogP contribution >= 0.6 is 23.2 Å². The molecule has 1 fully saturated rings. The summed E-state index contributed by atoms with van der Waals surface area (Å²) in [4.78, 5) is 19.2. The molecule has 0 N–H and O–H groups in total. The van der Waals surface area contributed by atoms with Crippen molar-refractivity contribution in [3.8, 4) is 11.5 Å². The number of rotatable bonds is 3. The smallest absolute Gasteiger partial charge is 0.258 e. The third-order valence-electron chi connectivity index (χ3n) is 5.28. The van der Waals surface area contributed by atoms with E-state index in [-0.39, 0.29) is 11.3 Å². The molecular weight excluding hydrogens is 421 g/mol. The predicted octanol–water partition coefficient (Wildman–Crippen LogP) is 6.00. The Balaban J connectivity index is 1.52. The van der Waals surface area contributed by atoms with E-state index in [1.54, 1.807) is 36.4 Å². The highest BCUT2D eigenvalue weighted by molar-refractivity contribution is 6.31. The van der Waals surface area contributed by atoms with Crippen LogP contribution in [0, 0.1) is 5.41 Å². The number of benzene rings is 2.